The summed E-state index contributed by atoms with van der Waals surface area (Å²) in [5, 5.41) is 30.2. The maximum Gasteiger partial charge on any atom is 0.246 e. The lowest BCUT2D eigenvalue weighted by Crippen LogP contribution is -2.63. The van der Waals surface area contributed by atoms with E-state index in [1.807, 2.05) is 24.3 Å². The third-order valence-corrected chi connectivity index (χ3v) is 17.1. The third kappa shape index (κ3) is 17.2. The normalized spacial score (nSPS) is 24.3. The van der Waals surface area contributed by atoms with Crippen LogP contribution in [0.2, 0.25) is 0 Å². The molecular formula is C49H74N14O11S2. The summed E-state index contributed by atoms with van der Waals surface area (Å²) in [6, 6.07) is -2.29. The number of amides is 10. The quantitative estimate of drug-likeness (QED) is 0.0355. The first kappa shape index (κ1) is 60.3. The lowest BCUT2D eigenvalue weighted by Gasteiger charge is -2.37. The summed E-state index contributed by atoms with van der Waals surface area (Å²) in [6.45, 7) is 4.37. The number of H-pyrrole nitrogens is 1. The number of carbonyl (C=O) groups is 10. The highest BCUT2D eigenvalue weighted by atomic mass is 33.1. The van der Waals surface area contributed by atoms with Gasteiger partial charge in [-0.05, 0) is 63.0 Å². The standard InChI is InChI=1S/C49H74N14O11S2/c1-4-26(2)39-45(72)62-40(27(3)64)46(73)59-33(21-36(50)65)42(69)60-34(47(74)63-19-11-15-35(63)44(71)58-31(14-10-18-54-48(52)53)41(68)56-24-37(51)66)25-75-76-49(16-8-5-9-17-49)22-38(67)57-32(43(70)61-39)20-28-23-55-30-13-7-6-12-29(28)30/h6-7,12-13,23,26-27,31-35,39-40,55,64H,4-5,8-11,14-22,24-25H2,1-3H3,(H2,50,65)(H2,51,66)(H,56,68)(H,57,67)(H,58,71)(H,59,73)(H,60,69)(H,61,70)(H,62,72)(H4,52,53,54)/t26-,27-,31-,32+,33-,34-,35-,39-,40?/m0/s1. The molecule has 1 aromatic carbocycles. The molecule has 0 bridgehead atoms. The van der Waals surface area contributed by atoms with Gasteiger partial charge in [-0.1, -0.05) is 79.3 Å². The molecule has 1 spiro atoms. The van der Waals surface area contributed by atoms with E-state index < -0.39 is 131 Å². The first-order valence-corrected chi connectivity index (χ1v) is 28.0. The number of benzene rings is 1. The van der Waals surface area contributed by atoms with Gasteiger partial charge >= 0.3 is 0 Å². The van der Waals surface area contributed by atoms with Crippen molar-refractivity contribution in [2.75, 3.05) is 25.4 Å². The topological polar surface area (TPSA) is 411 Å². The van der Waals surface area contributed by atoms with Crippen LogP contribution >= 0.6 is 21.6 Å². The van der Waals surface area contributed by atoms with Crippen molar-refractivity contribution in [2.24, 2.45) is 33.8 Å². The maximum atomic E-state index is 14.9. The Labute approximate surface area is 448 Å². The number of aliphatic hydroxyl groups excluding tert-OH is 1. The highest BCUT2D eigenvalue weighted by Gasteiger charge is 2.43. The van der Waals surface area contributed by atoms with Gasteiger partial charge in [-0.25, -0.2) is 0 Å². The van der Waals surface area contributed by atoms with E-state index in [2.05, 4.69) is 47.2 Å². The Balaban J connectivity index is 1.51. The van der Waals surface area contributed by atoms with Crippen LogP contribution in [0.25, 0.3) is 10.9 Å². The highest BCUT2D eigenvalue weighted by Crippen LogP contribution is 2.48. The summed E-state index contributed by atoms with van der Waals surface area (Å²) in [5.41, 5.74) is 23.3. The molecule has 5 rings (SSSR count). The van der Waals surface area contributed by atoms with Gasteiger partial charge in [-0.15, -0.1) is 0 Å². The third-order valence-electron chi connectivity index (χ3n) is 13.8. The number of guanidine groups is 1. The number of nitrogens with two attached hydrogens (primary N) is 4. The Kier molecular flexibility index (Phi) is 22.6. The number of hydrogen-bond acceptors (Lipinski definition) is 14. The Morgan fingerprint density at radius 2 is 1.54 bits per heavy atom. The SMILES string of the molecule is CC[C@H](C)[C@@H]1NC(=O)[C@@H](Cc2c[nH]c3ccccc23)NC(=O)CC2(CCCCC2)SSC[C@@H](C(=O)N2CCC[C@H]2C(=O)N[C@@H](CCCN=C(N)N)C(=O)NCC(N)=O)NC(=O)[C@H](CC(N)=O)NC(=O)C([C@H](C)O)NC1=O. The summed E-state index contributed by atoms with van der Waals surface area (Å²) < 4.78 is -0.716. The van der Waals surface area contributed by atoms with Crippen molar-refractivity contribution in [1.29, 1.82) is 0 Å². The molecule has 17 N–H and O–H groups in total. The zero-order chi connectivity index (χ0) is 55.7. The zero-order valence-electron chi connectivity index (χ0n) is 43.2. The van der Waals surface area contributed by atoms with Crippen LogP contribution in [0.15, 0.2) is 35.5 Å². The molecular weight excluding hydrogens is 1020 g/mol. The Morgan fingerprint density at radius 1 is 0.855 bits per heavy atom. The smallest absolute Gasteiger partial charge is 0.246 e. The van der Waals surface area contributed by atoms with Crippen LogP contribution in [0, 0.1) is 5.92 Å². The fourth-order valence-electron chi connectivity index (χ4n) is 9.54. The number of carbonyl (C=O) groups excluding carboxylic acids is 10. The maximum absolute atomic E-state index is 14.9. The minimum Gasteiger partial charge on any atom is -0.391 e. The highest BCUT2D eigenvalue weighted by molar-refractivity contribution is 8.77. The molecule has 9 atom stereocenters. The molecule has 27 heteroatoms. The molecule has 3 aliphatic rings. The number of primary amides is 2. The van der Waals surface area contributed by atoms with Gasteiger partial charge in [0.05, 0.1) is 19.1 Å². The minimum absolute atomic E-state index is 0.0308. The van der Waals surface area contributed by atoms with Crippen LogP contribution < -0.4 is 60.2 Å². The summed E-state index contributed by atoms with van der Waals surface area (Å²) in [6.07, 6.45) is 4.14. The summed E-state index contributed by atoms with van der Waals surface area (Å²) in [7, 11) is 2.55. The van der Waals surface area contributed by atoms with E-state index in [1.54, 1.807) is 20.0 Å². The van der Waals surface area contributed by atoms with Crippen LogP contribution in [0.5, 0.6) is 0 Å². The number of fused-ring (bicyclic) bond motifs is 1. The lowest BCUT2D eigenvalue weighted by molar-refractivity contribution is -0.142. The van der Waals surface area contributed by atoms with Crippen molar-refractivity contribution in [3.05, 3.63) is 36.0 Å². The van der Waals surface area contributed by atoms with E-state index in [-0.39, 0.29) is 56.9 Å². The number of nitrogens with zero attached hydrogens (tertiary/aromatic N) is 2. The second-order valence-electron chi connectivity index (χ2n) is 19.7. The van der Waals surface area contributed by atoms with Crippen LogP contribution in [0.3, 0.4) is 0 Å². The van der Waals surface area contributed by atoms with Crippen molar-refractivity contribution in [3.8, 4) is 0 Å². The summed E-state index contributed by atoms with van der Waals surface area (Å²) in [5.74, 6) is -9.00. The van der Waals surface area contributed by atoms with Crippen LogP contribution in [-0.4, -0.2) is 159 Å². The second-order valence-corrected chi connectivity index (χ2v) is 22.6. The molecule has 3 fully saturated rings. The fraction of sp³-hybridized carbons (Fsp3) is 0.612. The number of aliphatic imine (C=N–C) groups is 1. The molecule has 2 saturated heterocycles. The lowest BCUT2D eigenvalue weighted by atomic mass is 9.85. The summed E-state index contributed by atoms with van der Waals surface area (Å²) >= 11 is 0. The number of aromatic amines is 1. The van der Waals surface area contributed by atoms with E-state index in [0.29, 0.717) is 25.7 Å². The van der Waals surface area contributed by atoms with Gasteiger partial charge in [0.2, 0.25) is 59.1 Å². The van der Waals surface area contributed by atoms with Crippen molar-refractivity contribution >= 4 is 97.5 Å². The first-order valence-electron chi connectivity index (χ1n) is 25.7. The molecule has 2 aromatic rings. The average Bonchev–Trinajstić information content (AvgIpc) is 4.03. The van der Waals surface area contributed by atoms with Gasteiger partial charge in [0.1, 0.15) is 42.3 Å². The van der Waals surface area contributed by atoms with Gasteiger partial charge in [0.15, 0.2) is 5.96 Å². The molecule has 2 aliphatic heterocycles. The van der Waals surface area contributed by atoms with Crippen molar-refractivity contribution in [1.82, 2.24) is 47.1 Å². The van der Waals surface area contributed by atoms with Crippen molar-refractivity contribution in [3.63, 3.8) is 0 Å². The second kappa shape index (κ2) is 28.5. The van der Waals surface area contributed by atoms with E-state index >= 15 is 0 Å². The van der Waals surface area contributed by atoms with E-state index in [4.69, 9.17) is 22.9 Å². The van der Waals surface area contributed by atoms with Gasteiger partial charge in [-0.2, -0.15) is 0 Å². The molecule has 3 heterocycles. The van der Waals surface area contributed by atoms with Crippen LogP contribution in [0.1, 0.15) is 103 Å². The molecule has 1 unspecified atom stereocenters. The van der Waals surface area contributed by atoms with Gasteiger partial charge < -0.3 is 75.1 Å². The molecule has 1 aromatic heterocycles. The zero-order valence-corrected chi connectivity index (χ0v) is 44.8. The van der Waals surface area contributed by atoms with Gasteiger partial charge in [0, 0.05) is 53.5 Å². The van der Waals surface area contributed by atoms with Crippen LogP contribution in [-0.2, 0) is 54.4 Å². The number of aliphatic hydroxyl groups is 1. The Bertz CT molecular complexity index is 2460. The Morgan fingerprint density at radius 3 is 2.21 bits per heavy atom. The molecule has 10 amide bonds. The molecule has 76 heavy (non-hydrogen) atoms. The van der Waals surface area contributed by atoms with Gasteiger partial charge in [-0.3, -0.25) is 52.9 Å². The molecule has 25 nitrogen and oxygen atoms in total. The van der Waals surface area contributed by atoms with E-state index in [1.165, 1.54) is 33.4 Å². The number of para-hydroxylation sites is 1. The van der Waals surface area contributed by atoms with Crippen LogP contribution in [0.4, 0.5) is 0 Å². The minimum atomic E-state index is -1.75. The predicted molar refractivity (Wildman–Crippen MR) is 286 cm³/mol. The number of rotatable bonds is 17. The number of aromatic nitrogens is 1. The monoisotopic (exact) mass is 1100 g/mol. The average molecular weight is 1100 g/mol. The molecule has 0 radical (unpaired) electrons. The van der Waals surface area contributed by atoms with Crippen molar-refractivity contribution in [2.45, 2.75) is 157 Å². The first-order chi connectivity index (χ1) is 36.1. The van der Waals surface area contributed by atoms with E-state index in [9.17, 15) is 53.1 Å². The molecule has 1 saturated carbocycles. The molecule has 418 valence electrons. The molecule has 1 aliphatic carbocycles. The largest absolute Gasteiger partial charge is 0.391 e. The van der Waals surface area contributed by atoms with E-state index in [0.717, 1.165) is 35.7 Å². The number of nitrogens with one attached hydrogen (secondary N) is 8. The fourth-order valence-corrected chi connectivity index (χ4v) is 12.9. The predicted octanol–water partition coefficient (Wildman–Crippen LogP) is -1.94. The van der Waals surface area contributed by atoms with Gasteiger partial charge in [0.25, 0.3) is 0 Å². The Hall–Kier alpha value is -6.61. The van der Waals surface area contributed by atoms with Crippen molar-refractivity contribution < 1.29 is 53.1 Å². The summed E-state index contributed by atoms with van der Waals surface area (Å²) in [4.78, 5) is 146. The number of likely N-dealkylation sites (tertiary alicyclic amines) is 1. The number of hydrogen-bond donors (Lipinski definition) is 13.